The molecule has 2 rings (SSSR count). The molecule has 6 nitrogen and oxygen atoms in total. The van der Waals surface area contributed by atoms with E-state index >= 15 is 0 Å². The number of hydrogen-bond acceptors (Lipinski definition) is 4. The summed E-state index contributed by atoms with van der Waals surface area (Å²) in [5.74, 6) is -0.219. The van der Waals surface area contributed by atoms with Gasteiger partial charge >= 0.3 is 0 Å². The smallest absolute Gasteiger partial charge is 0.265 e. The molecule has 1 aliphatic carbocycles. The summed E-state index contributed by atoms with van der Waals surface area (Å²) in [5, 5.41) is 7.37. The molecule has 1 unspecified atom stereocenters. The van der Waals surface area contributed by atoms with E-state index in [1.54, 1.807) is 0 Å². The normalized spacial score (nSPS) is 18.2. The lowest BCUT2D eigenvalue weighted by atomic mass is 9.88. The quantitative estimate of drug-likeness (QED) is 0.146. The van der Waals surface area contributed by atoms with E-state index in [4.69, 9.17) is 4.55 Å². The topological polar surface area (TPSA) is 82.3 Å². The maximum absolute atomic E-state index is 10.9. The van der Waals surface area contributed by atoms with Gasteiger partial charge in [0.05, 0.1) is 11.3 Å². The third kappa shape index (κ3) is 12.5. The second kappa shape index (κ2) is 15.9. The highest BCUT2D eigenvalue weighted by atomic mass is 32.2. The second-order valence-corrected chi connectivity index (χ2v) is 11.1. The van der Waals surface area contributed by atoms with Crippen LogP contribution in [0.2, 0.25) is 0 Å². The van der Waals surface area contributed by atoms with E-state index in [9.17, 15) is 8.42 Å². The predicted molar refractivity (Wildman–Crippen MR) is 146 cm³/mol. The molecule has 1 aromatic heterocycles. The molecule has 7 heteroatoms. The predicted octanol–water partition coefficient (Wildman–Crippen LogP) is 5.19. The monoisotopic (exact) mass is 504 g/mol. The first kappa shape index (κ1) is 29.3. The Balaban J connectivity index is 1.96. The molecule has 0 fully saturated rings. The van der Waals surface area contributed by atoms with Crippen molar-refractivity contribution in [1.82, 2.24) is 10.6 Å². The molecular weight excluding hydrogens is 458 g/mol. The average Bonchev–Trinajstić information content (AvgIpc) is 2.84. The molecule has 1 aromatic rings. The van der Waals surface area contributed by atoms with Gasteiger partial charge < -0.3 is 10.6 Å². The number of allylic oxidation sites excluding steroid dienone is 1. The Labute approximate surface area is 213 Å². The van der Waals surface area contributed by atoms with Crippen molar-refractivity contribution in [2.24, 2.45) is 0 Å². The summed E-state index contributed by atoms with van der Waals surface area (Å²) in [6, 6.07) is 4.06. The van der Waals surface area contributed by atoms with Crippen molar-refractivity contribution in [2.75, 3.05) is 18.8 Å². The van der Waals surface area contributed by atoms with Gasteiger partial charge in [0.1, 0.15) is 6.54 Å². The Morgan fingerprint density at radius 1 is 1.00 bits per heavy atom. The number of nitrogens with one attached hydrogen (secondary N) is 2. The van der Waals surface area contributed by atoms with E-state index in [1.807, 2.05) is 29.1 Å². The number of aromatic nitrogens is 1. The van der Waals surface area contributed by atoms with E-state index in [1.165, 1.54) is 57.1 Å². The second-order valence-electron chi connectivity index (χ2n) is 9.55. The fraction of sp³-hybridized carbons (Fsp3) is 0.607. The highest BCUT2D eigenvalue weighted by Gasteiger charge is 2.24. The van der Waals surface area contributed by atoms with Gasteiger partial charge in [0.25, 0.3) is 10.1 Å². The molecule has 0 saturated heterocycles. The lowest BCUT2D eigenvalue weighted by Crippen LogP contribution is -2.43. The van der Waals surface area contributed by atoms with Gasteiger partial charge in [-0.25, -0.2) is 4.57 Å². The van der Waals surface area contributed by atoms with E-state index in [-0.39, 0.29) is 11.3 Å². The van der Waals surface area contributed by atoms with Crippen LogP contribution in [0, 0.1) is 0 Å². The Hall–Kier alpha value is -1.96. The minimum atomic E-state index is -3.90. The molecule has 196 valence electrons. The van der Waals surface area contributed by atoms with Crippen LogP contribution in [0.15, 0.2) is 54.5 Å². The zero-order valence-electron chi connectivity index (χ0n) is 21.7. The number of nitrogens with zero attached hydrogens (tertiary/aromatic N) is 1. The summed E-state index contributed by atoms with van der Waals surface area (Å²) >= 11 is 0. The first-order chi connectivity index (χ1) is 16.9. The van der Waals surface area contributed by atoms with Crippen LogP contribution in [-0.2, 0) is 16.7 Å². The number of rotatable bonds is 18. The maximum atomic E-state index is 10.9. The van der Waals surface area contributed by atoms with Crippen LogP contribution in [0.4, 0.5) is 0 Å². The van der Waals surface area contributed by atoms with Gasteiger partial charge in [-0.15, -0.1) is 0 Å². The van der Waals surface area contributed by atoms with E-state index in [0.717, 1.165) is 25.1 Å². The van der Waals surface area contributed by atoms with Gasteiger partial charge in [0, 0.05) is 30.8 Å². The van der Waals surface area contributed by atoms with Gasteiger partial charge in [-0.2, -0.15) is 8.42 Å². The van der Waals surface area contributed by atoms with Crippen LogP contribution in [0.1, 0.15) is 83.6 Å². The Morgan fingerprint density at radius 3 is 2.29 bits per heavy atom. The summed E-state index contributed by atoms with van der Waals surface area (Å²) < 4.78 is 32.6. The summed E-state index contributed by atoms with van der Waals surface area (Å²) in [7, 11) is -3.90. The largest absolute Gasteiger partial charge is 0.385 e. The number of unbranched alkanes of at least 4 members (excludes halogenated alkanes) is 6. The Kier molecular flexibility index (Phi) is 13.3. The van der Waals surface area contributed by atoms with Crippen molar-refractivity contribution in [3.8, 4) is 0 Å². The van der Waals surface area contributed by atoms with Crippen molar-refractivity contribution in [1.29, 1.82) is 0 Å². The van der Waals surface area contributed by atoms with Crippen molar-refractivity contribution in [2.45, 2.75) is 90.1 Å². The highest BCUT2D eigenvalue weighted by molar-refractivity contribution is 7.85. The standard InChI is InChI=1S/C28H45N3O3S/c1-3-5-7-9-20-29-27-13-18-28(19-14-27,30-21-10-8-6-4-2)17-12-26-15-23-31(24-16-26)22-11-25-35(32,33)34/h12-18,23-24,29-30H,3-11,19-22,25H2,1-2H3/p+1. The molecule has 1 atom stereocenters. The van der Waals surface area contributed by atoms with Crippen LogP contribution in [0.5, 0.6) is 0 Å². The van der Waals surface area contributed by atoms with E-state index in [0.29, 0.717) is 13.0 Å². The minimum absolute atomic E-state index is 0.194. The van der Waals surface area contributed by atoms with Gasteiger partial charge in [0.15, 0.2) is 12.4 Å². The molecule has 0 aliphatic heterocycles. The van der Waals surface area contributed by atoms with E-state index in [2.05, 4.69) is 54.9 Å². The summed E-state index contributed by atoms with van der Waals surface area (Å²) in [4.78, 5) is 0. The number of aryl methyl sites for hydroxylation is 1. The molecule has 0 spiro atoms. The average molecular weight is 505 g/mol. The SMILES string of the molecule is CCCCCCNC1=CCC(C=Cc2cc[n+](CCCS(=O)(=O)O)cc2)(NCCCCCC)C=C1. The van der Waals surface area contributed by atoms with Gasteiger partial charge in [0.2, 0.25) is 0 Å². The van der Waals surface area contributed by atoms with Crippen LogP contribution in [0.3, 0.4) is 0 Å². The van der Waals surface area contributed by atoms with E-state index < -0.39 is 10.1 Å². The summed E-state index contributed by atoms with van der Waals surface area (Å²) in [6.45, 7) is 7.04. The minimum Gasteiger partial charge on any atom is -0.385 e. The Morgan fingerprint density at radius 2 is 1.69 bits per heavy atom. The molecule has 0 aromatic carbocycles. The fourth-order valence-corrected chi connectivity index (χ4v) is 4.65. The van der Waals surface area contributed by atoms with Crippen LogP contribution < -0.4 is 15.2 Å². The molecule has 0 radical (unpaired) electrons. The molecule has 35 heavy (non-hydrogen) atoms. The maximum Gasteiger partial charge on any atom is 0.265 e. The zero-order chi connectivity index (χ0) is 25.4. The zero-order valence-corrected chi connectivity index (χ0v) is 22.5. The molecule has 3 N–H and O–H groups in total. The first-order valence-electron chi connectivity index (χ1n) is 13.4. The van der Waals surface area contributed by atoms with Crippen LogP contribution in [-0.4, -0.2) is 37.4 Å². The van der Waals surface area contributed by atoms with Crippen molar-refractivity contribution < 1.29 is 17.5 Å². The molecule has 0 amide bonds. The van der Waals surface area contributed by atoms with Crippen LogP contribution in [0.25, 0.3) is 6.08 Å². The molecular formula is C28H46N3O3S+. The first-order valence-corrected chi connectivity index (χ1v) is 15.0. The molecule has 0 bridgehead atoms. The lowest BCUT2D eigenvalue weighted by molar-refractivity contribution is -0.696. The Bertz CT molecular complexity index is 923. The van der Waals surface area contributed by atoms with Gasteiger partial charge in [-0.1, -0.05) is 76.7 Å². The third-order valence-electron chi connectivity index (χ3n) is 6.37. The number of pyridine rings is 1. The van der Waals surface area contributed by atoms with Crippen molar-refractivity contribution >= 4 is 16.2 Å². The molecule has 0 saturated carbocycles. The number of hydrogen-bond donors (Lipinski definition) is 3. The lowest BCUT2D eigenvalue weighted by Gasteiger charge is -2.31. The summed E-state index contributed by atoms with van der Waals surface area (Å²) in [6.07, 6.45) is 26.4. The summed E-state index contributed by atoms with van der Waals surface area (Å²) in [5.41, 5.74) is 2.12. The van der Waals surface area contributed by atoms with Crippen LogP contribution >= 0.6 is 0 Å². The van der Waals surface area contributed by atoms with Gasteiger partial charge in [-0.3, -0.25) is 4.55 Å². The third-order valence-corrected chi connectivity index (χ3v) is 7.18. The van der Waals surface area contributed by atoms with Gasteiger partial charge in [-0.05, 0) is 37.4 Å². The fourth-order valence-electron chi connectivity index (χ4n) is 4.16. The van der Waals surface area contributed by atoms with Crippen molar-refractivity contribution in [3.63, 3.8) is 0 Å². The molecule has 1 aliphatic rings. The van der Waals surface area contributed by atoms with Crippen molar-refractivity contribution in [3.05, 3.63) is 60.1 Å². The molecule has 1 heterocycles. The highest BCUT2D eigenvalue weighted by Crippen LogP contribution is 2.23.